The van der Waals surface area contributed by atoms with E-state index in [-0.39, 0.29) is 5.82 Å². The van der Waals surface area contributed by atoms with E-state index in [1.54, 1.807) is 12.1 Å². The van der Waals surface area contributed by atoms with Crippen LogP contribution < -0.4 is 5.73 Å². The maximum absolute atomic E-state index is 13.8. The third kappa shape index (κ3) is 2.35. The highest BCUT2D eigenvalue weighted by atomic mass is 35.5. The van der Waals surface area contributed by atoms with E-state index in [9.17, 15) is 4.39 Å². The van der Waals surface area contributed by atoms with Crippen molar-refractivity contribution < 1.29 is 4.39 Å². The standard InChI is InChI=1S/C13H14ClFN4/c14-10-2-1-3-11(15)9(10)6-12-17-18-13(7-16)19(12)8-4-5-8/h1-3,8H,4-7,16H2. The fourth-order valence-electron chi connectivity index (χ4n) is 2.23. The van der Waals surface area contributed by atoms with Gasteiger partial charge >= 0.3 is 0 Å². The van der Waals surface area contributed by atoms with Crippen molar-refractivity contribution in [3.8, 4) is 0 Å². The van der Waals surface area contributed by atoms with Crippen LogP contribution >= 0.6 is 11.6 Å². The lowest BCUT2D eigenvalue weighted by Gasteiger charge is -2.09. The van der Waals surface area contributed by atoms with Gasteiger partial charge in [-0.1, -0.05) is 17.7 Å². The molecule has 1 aromatic heterocycles. The van der Waals surface area contributed by atoms with Gasteiger partial charge in [-0.2, -0.15) is 0 Å². The third-order valence-electron chi connectivity index (χ3n) is 3.33. The Balaban J connectivity index is 1.97. The SMILES string of the molecule is NCc1nnc(Cc2c(F)cccc2Cl)n1C1CC1. The molecule has 2 N–H and O–H groups in total. The van der Waals surface area contributed by atoms with E-state index >= 15 is 0 Å². The highest BCUT2D eigenvalue weighted by molar-refractivity contribution is 6.31. The second-order valence-corrected chi connectivity index (χ2v) is 5.12. The first kappa shape index (κ1) is 12.6. The molecule has 1 aliphatic rings. The van der Waals surface area contributed by atoms with Gasteiger partial charge in [0.1, 0.15) is 17.5 Å². The van der Waals surface area contributed by atoms with Crippen LogP contribution in [0, 0.1) is 5.82 Å². The molecule has 0 unspecified atom stereocenters. The summed E-state index contributed by atoms with van der Waals surface area (Å²) in [5, 5.41) is 8.62. The number of aromatic nitrogens is 3. The van der Waals surface area contributed by atoms with E-state index in [4.69, 9.17) is 17.3 Å². The molecule has 1 fully saturated rings. The van der Waals surface area contributed by atoms with Gasteiger partial charge in [0.25, 0.3) is 0 Å². The Morgan fingerprint density at radius 2 is 2.05 bits per heavy atom. The van der Waals surface area contributed by atoms with Crippen molar-refractivity contribution in [2.24, 2.45) is 5.73 Å². The lowest BCUT2D eigenvalue weighted by atomic mass is 10.1. The maximum Gasteiger partial charge on any atom is 0.147 e. The van der Waals surface area contributed by atoms with Crippen LogP contribution in [0.2, 0.25) is 5.02 Å². The molecular weight excluding hydrogens is 267 g/mol. The minimum absolute atomic E-state index is 0.313. The van der Waals surface area contributed by atoms with Gasteiger partial charge < -0.3 is 10.3 Å². The van der Waals surface area contributed by atoms with E-state index in [1.807, 2.05) is 4.57 Å². The van der Waals surface area contributed by atoms with Crippen molar-refractivity contribution in [2.75, 3.05) is 0 Å². The zero-order valence-electron chi connectivity index (χ0n) is 10.3. The molecule has 1 heterocycles. The molecule has 1 saturated carbocycles. The first-order chi connectivity index (χ1) is 9.20. The number of benzene rings is 1. The van der Waals surface area contributed by atoms with E-state index < -0.39 is 0 Å². The molecule has 3 rings (SSSR count). The fraction of sp³-hybridized carbons (Fsp3) is 0.385. The summed E-state index contributed by atoms with van der Waals surface area (Å²) < 4.78 is 15.8. The number of rotatable bonds is 4. The molecule has 19 heavy (non-hydrogen) atoms. The van der Waals surface area contributed by atoms with Crippen molar-refractivity contribution in [2.45, 2.75) is 31.8 Å². The zero-order chi connectivity index (χ0) is 13.4. The van der Waals surface area contributed by atoms with E-state index in [2.05, 4.69) is 10.2 Å². The average Bonchev–Trinajstić information content (AvgIpc) is 3.15. The molecule has 6 heteroatoms. The minimum Gasteiger partial charge on any atom is -0.324 e. The highest BCUT2D eigenvalue weighted by Gasteiger charge is 2.29. The largest absolute Gasteiger partial charge is 0.324 e. The molecular formula is C13H14ClFN4. The molecule has 1 aromatic carbocycles. The number of halogens is 2. The third-order valence-corrected chi connectivity index (χ3v) is 3.68. The Bertz CT molecular complexity index is 586. The second kappa shape index (κ2) is 4.90. The van der Waals surface area contributed by atoms with Crippen LogP contribution in [0.5, 0.6) is 0 Å². The normalized spacial score (nSPS) is 14.9. The Labute approximate surface area is 115 Å². The van der Waals surface area contributed by atoms with Crippen LogP contribution in [-0.4, -0.2) is 14.8 Å². The summed E-state index contributed by atoms with van der Waals surface area (Å²) in [7, 11) is 0. The van der Waals surface area contributed by atoms with Crippen LogP contribution in [-0.2, 0) is 13.0 Å². The van der Waals surface area contributed by atoms with E-state index in [1.165, 1.54) is 6.07 Å². The number of hydrogen-bond acceptors (Lipinski definition) is 3. The molecule has 100 valence electrons. The average molecular weight is 281 g/mol. The number of nitrogens with zero attached hydrogens (tertiary/aromatic N) is 3. The van der Waals surface area contributed by atoms with Gasteiger partial charge in [-0.25, -0.2) is 4.39 Å². The summed E-state index contributed by atoms with van der Waals surface area (Å²) in [4.78, 5) is 0. The molecule has 0 saturated heterocycles. The fourth-order valence-corrected chi connectivity index (χ4v) is 2.46. The highest BCUT2D eigenvalue weighted by Crippen LogP contribution is 2.37. The Morgan fingerprint density at radius 1 is 1.32 bits per heavy atom. The topological polar surface area (TPSA) is 56.7 Å². The molecule has 0 aliphatic heterocycles. The van der Waals surface area contributed by atoms with Gasteiger partial charge in [-0.05, 0) is 25.0 Å². The van der Waals surface area contributed by atoms with Gasteiger partial charge in [0.15, 0.2) is 0 Å². The smallest absolute Gasteiger partial charge is 0.147 e. The summed E-state index contributed by atoms with van der Waals surface area (Å²) in [5.74, 6) is 1.17. The van der Waals surface area contributed by atoms with Gasteiger partial charge in [0.2, 0.25) is 0 Å². The lowest BCUT2D eigenvalue weighted by Crippen LogP contribution is -2.10. The van der Waals surface area contributed by atoms with Crippen LogP contribution in [0.3, 0.4) is 0 Å². The van der Waals surface area contributed by atoms with Crippen LogP contribution in [0.15, 0.2) is 18.2 Å². The van der Waals surface area contributed by atoms with Crippen LogP contribution in [0.1, 0.15) is 36.1 Å². The van der Waals surface area contributed by atoms with Crippen molar-refractivity contribution in [1.82, 2.24) is 14.8 Å². The first-order valence-corrected chi connectivity index (χ1v) is 6.64. The Hall–Kier alpha value is -1.46. The van der Waals surface area contributed by atoms with Crippen LogP contribution in [0.25, 0.3) is 0 Å². The summed E-state index contributed by atoms with van der Waals surface area (Å²) in [6.45, 7) is 0.342. The Kier molecular flexibility index (Phi) is 3.24. The molecule has 4 nitrogen and oxygen atoms in total. The number of hydrogen-bond donors (Lipinski definition) is 1. The van der Waals surface area contributed by atoms with Crippen LogP contribution in [0.4, 0.5) is 4.39 Å². The molecule has 0 amide bonds. The van der Waals surface area contributed by atoms with Crippen molar-refractivity contribution in [3.05, 3.63) is 46.3 Å². The molecule has 2 aromatic rings. The number of nitrogens with two attached hydrogens (primary N) is 1. The monoisotopic (exact) mass is 280 g/mol. The van der Waals surface area contributed by atoms with Gasteiger partial charge in [-0.3, -0.25) is 0 Å². The first-order valence-electron chi connectivity index (χ1n) is 6.26. The molecule has 0 bridgehead atoms. The lowest BCUT2D eigenvalue weighted by molar-refractivity contribution is 0.603. The van der Waals surface area contributed by atoms with Crippen molar-refractivity contribution in [1.29, 1.82) is 0 Å². The summed E-state index contributed by atoms with van der Waals surface area (Å²) in [5.41, 5.74) is 6.12. The van der Waals surface area contributed by atoms with Gasteiger partial charge in [-0.15, -0.1) is 10.2 Å². The Morgan fingerprint density at radius 3 is 2.68 bits per heavy atom. The second-order valence-electron chi connectivity index (χ2n) is 4.71. The van der Waals surface area contributed by atoms with Crippen molar-refractivity contribution >= 4 is 11.6 Å². The molecule has 1 aliphatic carbocycles. The van der Waals surface area contributed by atoms with Gasteiger partial charge in [0.05, 0.1) is 6.54 Å². The van der Waals surface area contributed by atoms with E-state index in [0.29, 0.717) is 29.6 Å². The predicted molar refractivity (Wildman–Crippen MR) is 70.4 cm³/mol. The zero-order valence-corrected chi connectivity index (χ0v) is 11.1. The quantitative estimate of drug-likeness (QED) is 0.936. The predicted octanol–water partition coefficient (Wildman–Crippen LogP) is 2.46. The molecule has 0 atom stereocenters. The summed E-state index contributed by atoms with van der Waals surface area (Å²) in [6.07, 6.45) is 2.54. The molecule has 0 radical (unpaired) electrons. The van der Waals surface area contributed by atoms with Crippen molar-refractivity contribution in [3.63, 3.8) is 0 Å². The van der Waals surface area contributed by atoms with Gasteiger partial charge in [0, 0.05) is 23.0 Å². The maximum atomic E-state index is 13.8. The minimum atomic E-state index is -0.313. The van der Waals surface area contributed by atoms with E-state index in [0.717, 1.165) is 24.5 Å². The summed E-state index contributed by atoms with van der Waals surface area (Å²) in [6, 6.07) is 5.09. The summed E-state index contributed by atoms with van der Waals surface area (Å²) >= 11 is 6.05. The molecule has 0 spiro atoms.